The van der Waals surface area contributed by atoms with Gasteiger partial charge in [0.15, 0.2) is 11.5 Å². The molecular formula is C30H32F3N5O3. The SMILES string of the molecule is O=C(N[C@@H]1CCN(C2CCCCC2)C[C@H]1C(=O)NC1(c2ccccn2)CC1)c1cc(-c2c(F)cc(F)cc2F)on1. The Morgan fingerprint density at radius 1 is 1.00 bits per heavy atom. The molecule has 3 aliphatic rings. The van der Waals surface area contributed by atoms with Gasteiger partial charge in [-0.1, -0.05) is 30.5 Å². The molecule has 1 aliphatic heterocycles. The van der Waals surface area contributed by atoms with Crippen molar-refractivity contribution in [1.29, 1.82) is 0 Å². The van der Waals surface area contributed by atoms with Crippen LogP contribution in [0.2, 0.25) is 0 Å². The van der Waals surface area contributed by atoms with Crippen LogP contribution in [0.5, 0.6) is 0 Å². The number of nitrogens with zero attached hydrogens (tertiary/aromatic N) is 3. The Morgan fingerprint density at radius 3 is 2.44 bits per heavy atom. The lowest BCUT2D eigenvalue weighted by Crippen LogP contribution is -2.58. The third-order valence-corrected chi connectivity index (χ3v) is 8.65. The Hall–Kier alpha value is -3.73. The van der Waals surface area contributed by atoms with E-state index in [-0.39, 0.29) is 17.4 Å². The van der Waals surface area contributed by atoms with Crippen molar-refractivity contribution in [2.24, 2.45) is 5.92 Å². The second kappa shape index (κ2) is 11.3. The van der Waals surface area contributed by atoms with Crippen molar-refractivity contribution in [2.75, 3.05) is 13.1 Å². The molecular weight excluding hydrogens is 535 g/mol. The molecule has 1 aromatic carbocycles. The summed E-state index contributed by atoms with van der Waals surface area (Å²) in [6.45, 7) is 1.25. The molecule has 3 fully saturated rings. The Labute approximate surface area is 235 Å². The number of carbonyl (C=O) groups excluding carboxylic acids is 2. The molecule has 1 saturated heterocycles. The fourth-order valence-corrected chi connectivity index (χ4v) is 6.26. The number of likely N-dealkylation sites (tertiary alicyclic amines) is 1. The maximum absolute atomic E-state index is 14.3. The zero-order valence-corrected chi connectivity index (χ0v) is 22.5. The number of halogens is 3. The van der Waals surface area contributed by atoms with E-state index in [4.69, 9.17) is 4.52 Å². The van der Waals surface area contributed by atoms with E-state index in [0.29, 0.717) is 31.1 Å². The van der Waals surface area contributed by atoms with Crippen LogP contribution in [0.1, 0.15) is 67.5 Å². The van der Waals surface area contributed by atoms with Crippen molar-refractivity contribution in [2.45, 2.75) is 69.0 Å². The van der Waals surface area contributed by atoms with Crippen LogP contribution in [0, 0.1) is 23.4 Å². The minimum absolute atomic E-state index is 0.143. The summed E-state index contributed by atoms with van der Waals surface area (Å²) < 4.78 is 46.9. The zero-order chi connectivity index (χ0) is 28.6. The van der Waals surface area contributed by atoms with E-state index in [1.807, 2.05) is 18.2 Å². The van der Waals surface area contributed by atoms with Gasteiger partial charge in [-0.3, -0.25) is 19.5 Å². The number of aromatic nitrogens is 2. The van der Waals surface area contributed by atoms with Gasteiger partial charge < -0.3 is 15.2 Å². The summed E-state index contributed by atoms with van der Waals surface area (Å²) in [6, 6.07) is 7.76. The van der Waals surface area contributed by atoms with Gasteiger partial charge in [0, 0.05) is 49.6 Å². The first kappa shape index (κ1) is 27.4. The van der Waals surface area contributed by atoms with Crippen molar-refractivity contribution in [1.82, 2.24) is 25.7 Å². The molecule has 0 unspecified atom stereocenters. The van der Waals surface area contributed by atoms with Crippen LogP contribution in [0.3, 0.4) is 0 Å². The molecule has 2 N–H and O–H groups in total. The summed E-state index contributed by atoms with van der Waals surface area (Å²) in [4.78, 5) is 33.9. The lowest BCUT2D eigenvalue weighted by atomic mass is 9.86. The van der Waals surface area contributed by atoms with Crippen molar-refractivity contribution in [3.63, 3.8) is 0 Å². The molecule has 41 heavy (non-hydrogen) atoms. The topological polar surface area (TPSA) is 100 Å². The van der Waals surface area contributed by atoms with Gasteiger partial charge in [0.25, 0.3) is 5.91 Å². The van der Waals surface area contributed by atoms with Crippen molar-refractivity contribution < 1.29 is 27.3 Å². The van der Waals surface area contributed by atoms with Crippen LogP contribution >= 0.6 is 0 Å². The van der Waals surface area contributed by atoms with Gasteiger partial charge in [0.05, 0.1) is 22.7 Å². The minimum atomic E-state index is -1.17. The van der Waals surface area contributed by atoms with E-state index in [0.717, 1.165) is 44.0 Å². The summed E-state index contributed by atoms with van der Waals surface area (Å²) >= 11 is 0. The number of hydrogen-bond acceptors (Lipinski definition) is 6. The number of pyridine rings is 1. The summed E-state index contributed by atoms with van der Waals surface area (Å²) in [5, 5.41) is 9.86. The lowest BCUT2D eigenvalue weighted by Gasteiger charge is -2.43. The molecule has 0 spiro atoms. The third-order valence-electron chi connectivity index (χ3n) is 8.65. The first-order valence-electron chi connectivity index (χ1n) is 14.2. The standard InChI is InChI=1S/C30H32F3N5O3/c31-18-14-21(32)27(22(33)15-18)25-16-24(37-41-25)29(40)35-23-9-13-38(19-6-2-1-3-7-19)17-20(23)28(39)36-30(10-11-30)26-8-4-5-12-34-26/h4-5,8,12,14-16,19-20,23H,1-3,6-7,9-11,13,17H2,(H,35,40)(H,36,39)/t20-,23-/m1/s1. The van der Waals surface area contributed by atoms with Gasteiger partial charge in [-0.15, -0.1) is 0 Å². The highest BCUT2D eigenvalue weighted by Crippen LogP contribution is 2.45. The van der Waals surface area contributed by atoms with Gasteiger partial charge in [-0.2, -0.15) is 0 Å². The highest BCUT2D eigenvalue weighted by atomic mass is 19.1. The fraction of sp³-hybridized carbons (Fsp3) is 0.467. The van der Waals surface area contributed by atoms with Gasteiger partial charge in [0.1, 0.15) is 17.5 Å². The molecule has 216 valence electrons. The number of nitrogens with one attached hydrogen (secondary N) is 2. The van der Waals surface area contributed by atoms with E-state index in [1.165, 1.54) is 19.3 Å². The normalized spacial score (nSPS) is 22.7. The molecule has 2 atom stereocenters. The minimum Gasteiger partial charge on any atom is -0.355 e. The molecule has 8 nitrogen and oxygen atoms in total. The Kier molecular flexibility index (Phi) is 7.54. The maximum atomic E-state index is 14.3. The smallest absolute Gasteiger partial charge is 0.273 e. The van der Waals surface area contributed by atoms with E-state index < -0.39 is 46.4 Å². The number of benzene rings is 1. The Balaban J connectivity index is 1.20. The van der Waals surface area contributed by atoms with Gasteiger partial charge in [-0.05, 0) is 44.2 Å². The second-order valence-electron chi connectivity index (χ2n) is 11.4. The Morgan fingerprint density at radius 2 is 1.76 bits per heavy atom. The van der Waals surface area contributed by atoms with Crippen LogP contribution < -0.4 is 10.6 Å². The number of amides is 2. The number of carbonyl (C=O) groups is 2. The van der Waals surface area contributed by atoms with Crippen LogP contribution in [0.4, 0.5) is 13.2 Å². The third kappa shape index (κ3) is 5.72. The first-order chi connectivity index (χ1) is 19.8. The van der Waals surface area contributed by atoms with Crippen molar-refractivity contribution >= 4 is 11.8 Å². The monoisotopic (exact) mass is 567 g/mol. The van der Waals surface area contributed by atoms with Gasteiger partial charge >= 0.3 is 0 Å². The zero-order valence-electron chi connectivity index (χ0n) is 22.5. The highest BCUT2D eigenvalue weighted by molar-refractivity contribution is 5.94. The summed E-state index contributed by atoms with van der Waals surface area (Å²) in [5.41, 5.74) is -0.474. The van der Waals surface area contributed by atoms with Gasteiger partial charge in [-0.25, -0.2) is 13.2 Å². The van der Waals surface area contributed by atoms with Crippen LogP contribution in [-0.2, 0) is 10.3 Å². The van der Waals surface area contributed by atoms with Crippen LogP contribution in [-0.4, -0.2) is 52.0 Å². The van der Waals surface area contributed by atoms with Crippen LogP contribution in [0.15, 0.2) is 47.1 Å². The second-order valence-corrected chi connectivity index (χ2v) is 11.4. The number of hydrogen-bond donors (Lipinski definition) is 2. The molecule has 0 radical (unpaired) electrons. The molecule has 2 amide bonds. The molecule has 2 aliphatic carbocycles. The number of piperidine rings is 1. The average molecular weight is 568 g/mol. The molecule has 3 heterocycles. The van der Waals surface area contributed by atoms with Crippen LogP contribution in [0.25, 0.3) is 11.3 Å². The largest absolute Gasteiger partial charge is 0.355 e. The predicted octanol–water partition coefficient (Wildman–Crippen LogP) is 4.71. The predicted molar refractivity (Wildman–Crippen MR) is 143 cm³/mol. The summed E-state index contributed by atoms with van der Waals surface area (Å²) in [6.07, 6.45) is 9.63. The fourth-order valence-electron chi connectivity index (χ4n) is 6.26. The molecule has 2 saturated carbocycles. The molecule has 0 bridgehead atoms. The number of rotatable bonds is 7. The average Bonchev–Trinajstić information content (AvgIpc) is 3.59. The first-order valence-corrected chi connectivity index (χ1v) is 14.2. The van der Waals surface area contributed by atoms with Gasteiger partial charge in [0.2, 0.25) is 5.91 Å². The van der Waals surface area contributed by atoms with Crippen molar-refractivity contribution in [3.8, 4) is 11.3 Å². The molecule has 3 aromatic rings. The van der Waals surface area contributed by atoms with E-state index in [2.05, 4.69) is 25.7 Å². The quantitative estimate of drug-likeness (QED) is 0.429. The molecule has 6 rings (SSSR count). The maximum Gasteiger partial charge on any atom is 0.273 e. The molecule has 2 aromatic heterocycles. The van der Waals surface area contributed by atoms with E-state index in [1.54, 1.807) is 6.20 Å². The summed E-state index contributed by atoms with van der Waals surface area (Å²) in [7, 11) is 0. The van der Waals surface area contributed by atoms with E-state index >= 15 is 0 Å². The lowest BCUT2D eigenvalue weighted by molar-refractivity contribution is -0.129. The Bertz CT molecular complexity index is 1400. The summed E-state index contributed by atoms with van der Waals surface area (Å²) in [5.74, 6) is -5.02. The molecule has 11 heteroatoms. The van der Waals surface area contributed by atoms with E-state index in [9.17, 15) is 22.8 Å². The highest BCUT2D eigenvalue weighted by Gasteiger charge is 2.49. The van der Waals surface area contributed by atoms with Crippen molar-refractivity contribution in [3.05, 3.63) is 71.4 Å².